The molecule has 2 heteroatoms. The third kappa shape index (κ3) is 3.27. The van der Waals surface area contributed by atoms with E-state index in [0.29, 0.717) is 0 Å². The van der Waals surface area contributed by atoms with E-state index in [1.54, 1.807) is 15.6 Å². The molecule has 3 aromatic rings. The fourth-order valence-corrected chi connectivity index (χ4v) is 13.1. The molecule has 0 aromatic heterocycles. The van der Waals surface area contributed by atoms with E-state index in [4.69, 9.17) is 0 Å². The van der Waals surface area contributed by atoms with Crippen LogP contribution in [-0.2, 0) is 0 Å². The van der Waals surface area contributed by atoms with Gasteiger partial charge < -0.3 is 0 Å². The summed E-state index contributed by atoms with van der Waals surface area (Å²) in [5.41, 5.74) is 3.37. The molecule has 2 saturated heterocycles. The average Bonchev–Trinajstić information content (AvgIpc) is 3.26. The van der Waals surface area contributed by atoms with E-state index in [1.165, 1.54) is 56.6 Å². The van der Waals surface area contributed by atoms with Gasteiger partial charge in [0.25, 0.3) is 0 Å². The maximum absolute atomic E-state index is 2.44. The third-order valence-electron chi connectivity index (χ3n) is 8.83. The van der Waals surface area contributed by atoms with Gasteiger partial charge in [-0.25, -0.2) is 0 Å². The zero-order valence-corrected chi connectivity index (χ0v) is 20.0. The molecule has 2 fully saturated rings. The van der Waals surface area contributed by atoms with Gasteiger partial charge in [0, 0.05) is 0 Å². The number of hydrogen-bond acceptors (Lipinski definition) is 0. The van der Waals surface area contributed by atoms with Crippen molar-refractivity contribution in [3.8, 4) is 0 Å². The predicted molar refractivity (Wildman–Crippen MR) is 142 cm³/mol. The Labute approximate surface area is 194 Å². The molecule has 0 atom stereocenters. The lowest BCUT2D eigenvalue weighted by Gasteiger charge is -2.42. The predicted octanol–water partition coefficient (Wildman–Crippen LogP) is 6.79. The Bertz CT molecular complexity index is 1030. The van der Waals surface area contributed by atoms with Crippen LogP contribution in [0.1, 0.15) is 50.5 Å². The van der Waals surface area contributed by atoms with E-state index in [2.05, 4.69) is 91.0 Å². The first-order chi connectivity index (χ1) is 15.9. The van der Waals surface area contributed by atoms with Gasteiger partial charge in [-0.2, -0.15) is 0 Å². The van der Waals surface area contributed by atoms with Crippen molar-refractivity contribution in [1.29, 1.82) is 0 Å². The second kappa shape index (κ2) is 8.56. The van der Waals surface area contributed by atoms with Crippen LogP contribution in [0.5, 0.6) is 0 Å². The molecule has 0 nitrogen and oxygen atoms in total. The smallest absolute Gasteiger partial charge is 0.100 e. The summed E-state index contributed by atoms with van der Waals surface area (Å²) in [5.74, 6) is 1.85. The molecule has 0 aliphatic carbocycles. The normalized spacial score (nSPS) is 24.6. The Kier molecular flexibility index (Phi) is 5.43. The molecular formula is C30H33BSi. The number of hydrogen-bond donors (Lipinski definition) is 0. The lowest BCUT2D eigenvalue weighted by molar-refractivity contribution is 0.445. The quantitative estimate of drug-likeness (QED) is 0.398. The fourth-order valence-electron chi connectivity index (χ4n) is 7.65. The van der Waals surface area contributed by atoms with E-state index in [1.807, 2.05) is 5.47 Å². The SMILES string of the molecule is c1ccc(C2=C(B3C4CCCC3CCC4)CC[Si]2(c2ccccc2)c2ccccc2)cc1. The van der Waals surface area contributed by atoms with Crippen LogP contribution in [0.15, 0.2) is 96.5 Å². The van der Waals surface area contributed by atoms with Gasteiger partial charge in [-0.3, -0.25) is 0 Å². The summed E-state index contributed by atoms with van der Waals surface area (Å²) in [6, 6.07) is 36.0. The molecule has 0 spiro atoms. The van der Waals surface area contributed by atoms with Gasteiger partial charge in [-0.05, 0) is 28.4 Å². The fraction of sp³-hybridized carbons (Fsp3) is 0.333. The molecule has 0 radical (unpaired) electrons. The van der Waals surface area contributed by atoms with Gasteiger partial charge >= 0.3 is 0 Å². The first kappa shape index (κ1) is 20.3. The number of rotatable bonds is 4. The Balaban J connectivity index is 1.63. The first-order valence-corrected chi connectivity index (χ1v) is 15.0. The van der Waals surface area contributed by atoms with Crippen LogP contribution >= 0.6 is 0 Å². The maximum atomic E-state index is 2.44. The van der Waals surface area contributed by atoms with Gasteiger partial charge in [0.15, 0.2) is 6.71 Å². The second-order valence-corrected chi connectivity index (χ2v) is 14.3. The Morgan fingerprint density at radius 3 is 1.56 bits per heavy atom. The van der Waals surface area contributed by atoms with Crippen LogP contribution in [0.25, 0.3) is 5.20 Å². The Morgan fingerprint density at radius 1 is 0.594 bits per heavy atom. The van der Waals surface area contributed by atoms with Crippen molar-refractivity contribution in [3.05, 3.63) is 102 Å². The van der Waals surface area contributed by atoms with Crippen molar-refractivity contribution in [2.45, 2.75) is 62.6 Å². The molecule has 3 heterocycles. The van der Waals surface area contributed by atoms with Crippen LogP contribution in [0.3, 0.4) is 0 Å². The van der Waals surface area contributed by atoms with Crippen molar-refractivity contribution >= 4 is 30.4 Å². The molecule has 3 aliphatic rings. The number of fused-ring (bicyclic) bond motifs is 2. The second-order valence-electron chi connectivity index (χ2n) is 10.3. The zero-order chi connectivity index (χ0) is 21.4. The molecule has 0 amide bonds. The van der Waals surface area contributed by atoms with Gasteiger partial charge in [0.05, 0.1) is 0 Å². The minimum atomic E-state index is -2.07. The molecule has 160 valence electrons. The van der Waals surface area contributed by atoms with Crippen LogP contribution in [0.2, 0.25) is 17.7 Å². The minimum absolute atomic E-state index is 0.828. The molecule has 0 N–H and O–H groups in total. The first-order valence-electron chi connectivity index (χ1n) is 12.8. The van der Waals surface area contributed by atoms with Crippen LogP contribution in [0.4, 0.5) is 0 Å². The lowest BCUT2D eigenvalue weighted by atomic mass is 9.24. The standard InChI is InChI=1S/C30H33BSi/c1-4-12-24(13-5-1)30-29(31-25-14-10-15-26(31)17-11-16-25)22-23-32(30,27-18-6-2-7-19-27)28-20-8-3-9-21-28/h1-9,12-13,18-21,25-26H,10-11,14-17,22-23H2. The van der Waals surface area contributed by atoms with E-state index in [0.717, 1.165) is 18.3 Å². The molecule has 32 heavy (non-hydrogen) atoms. The maximum Gasteiger partial charge on any atom is 0.176 e. The van der Waals surface area contributed by atoms with E-state index < -0.39 is 8.07 Å². The zero-order valence-electron chi connectivity index (χ0n) is 19.0. The molecule has 3 aromatic carbocycles. The van der Waals surface area contributed by atoms with Gasteiger partial charge in [0.2, 0.25) is 0 Å². The van der Waals surface area contributed by atoms with Gasteiger partial charge in [-0.1, -0.05) is 146 Å². The van der Waals surface area contributed by atoms with Crippen LogP contribution < -0.4 is 10.4 Å². The highest BCUT2D eigenvalue weighted by Gasteiger charge is 2.51. The van der Waals surface area contributed by atoms with Gasteiger partial charge in [0.1, 0.15) is 8.07 Å². The van der Waals surface area contributed by atoms with E-state index in [-0.39, 0.29) is 0 Å². The van der Waals surface area contributed by atoms with Crippen LogP contribution in [0, 0.1) is 0 Å². The Morgan fingerprint density at radius 2 is 1.06 bits per heavy atom. The summed E-state index contributed by atoms with van der Waals surface area (Å²) in [5, 5.41) is 4.97. The molecule has 0 saturated carbocycles. The topological polar surface area (TPSA) is 0 Å². The highest BCUT2D eigenvalue weighted by molar-refractivity contribution is 7.16. The summed E-state index contributed by atoms with van der Waals surface area (Å²) in [4.78, 5) is 0. The summed E-state index contributed by atoms with van der Waals surface area (Å²) in [6.45, 7) is 0.828. The van der Waals surface area contributed by atoms with Crippen molar-refractivity contribution in [1.82, 2.24) is 0 Å². The van der Waals surface area contributed by atoms with Crippen molar-refractivity contribution in [3.63, 3.8) is 0 Å². The van der Waals surface area contributed by atoms with Crippen LogP contribution in [-0.4, -0.2) is 14.8 Å². The van der Waals surface area contributed by atoms with Crippen molar-refractivity contribution in [2.24, 2.45) is 0 Å². The largest absolute Gasteiger partial charge is 0.176 e. The highest BCUT2D eigenvalue weighted by atomic mass is 28.3. The van der Waals surface area contributed by atoms with E-state index >= 15 is 0 Å². The summed E-state index contributed by atoms with van der Waals surface area (Å²) >= 11 is 0. The van der Waals surface area contributed by atoms with E-state index in [9.17, 15) is 0 Å². The molecular weight excluding hydrogens is 399 g/mol. The minimum Gasteiger partial charge on any atom is -0.100 e. The Hall–Kier alpha value is -2.32. The lowest BCUT2D eigenvalue weighted by Crippen LogP contribution is -2.58. The molecule has 0 unspecified atom stereocenters. The number of benzene rings is 3. The van der Waals surface area contributed by atoms with Crippen molar-refractivity contribution in [2.75, 3.05) is 0 Å². The summed E-state index contributed by atoms with van der Waals surface area (Å²) in [6.07, 6.45) is 10.0. The molecule has 3 aliphatic heterocycles. The van der Waals surface area contributed by atoms with Gasteiger partial charge in [-0.15, -0.1) is 5.47 Å². The van der Waals surface area contributed by atoms with Crippen molar-refractivity contribution < 1.29 is 0 Å². The third-order valence-corrected chi connectivity index (χ3v) is 13.9. The number of allylic oxidation sites excluding steroid dienone is 1. The summed E-state index contributed by atoms with van der Waals surface area (Å²) in [7, 11) is -2.07. The molecule has 6 rings (SSSR count). The summed E-state index contributed by atoms with van der Waals surface area (Å²) < 4.78 is 0. The monoisotopic (exact) mass is 432 g/mol. The average molecular weight is 432 g/mol. The molecule has 2 bridgehead atoms. The highest BCUT2D eigenvalue weighted by Crippen LogP contribution is 2.54.